The molecule has 0 aliphatic carbocycles. The summed E-state index contributed by atoms with van der Waals surface area (Å²) in [6, 6.07) is 11.7. The minimum Gasteiger partial charge on any atom is -0.276 e. The zero-order chi connectivity index (χ0) is 19.0. The number of benzene rings is 1. The van der Waals surface area contributed by atoms with Gasteiger partial charge < -0.3 is 0 Å². The van der Waals surface area contributed by atoms with Crippen LogP contribution in [0.4, 0.5) is 5.13 Å². The molecule has 27 heavy (non-hydrogen) atoms. The molecule has 4 aromatic rings. The number of thiazole rings is 1. The van der Waals surface area contributed by atoms with Crippen molar-refractivity contribution in [1.82, 2.24) is 19.7 Å². The highest BCUT2D eigenvalue weighted by Crippen LogP contribution is 2.32. The number of amides is 1. The van der Waals surface area contributed by atoms with E-state index in [1.165, 1.54) is 11.3 Å². The number of carbonyl (C=O) groups excluding carboxylic acids is 1. The van der Waals surface area contributed by atoms with E-state index in [1.54, 1.807) is 15.8 Å². The maximum atomic E-state index is 13.3. The quantitative estimate of drug-likeness (QED) is 0.541. The molecule has 3 aromatic heterocycles. The van der Waals surface area contributed by atoms with Crippen molar-refractivity contribution >= 4 is 32.6 Å². The molecule has 0 spiro atoms. The number of aromatic nitrogens is 4. The van der Waals surface area contributed by atoms with Crippen molar-refractivity contribution in [2.24, 2.45) is 7.05 Å². The highest BCUT2D eigenvalue weighted by atomic mass is 32.1. The molecule has 0 bridgehead atoms. The van der Waals surface area contributed by atoms with E-state index in [0.29, 0.717) is 17.4 Å². The summed E-state index contributed by atoms with van der Waals surface area (Å²) < 4.78 is 2.71. The summed E-state index contributed by atoms with van der Waals surface area (Å²) in [5, 5.41) is 5.00. The van der Waals surface area contributed by atoms with Crippen molar-refractivity contribution in [3.05, 3.63) is 71.3 Å². The number of carbonyl (C=O) groups is 1. The van der Waals surface area contributed by atoms with Crippen LogP contribution in [0, 0.1) is 13.8 Å². The van der Waals surface area contributed by atoms with Gasteiger partial charge in [-0.1, -0.05) is 29.5 Å². The van der Waals surface area contributed by atoms with Crippen LogP contribution >= 0.6 is 11.3 Å². The molecule has 1 amide bonds. The first kappa shape index (κ1) is 17.4. The van der Waals surface area contributed by atoms with Crippen LogP contribution in [0.2, 0.25) is 0 Å². The van der Waals surface area contributed by atoms with E-state index in [1.807, 2.05) is 63.5 Å². The van der Waals surface area contributed by atoms with Gasteiger partial charge >= 0.3 is 0 Å². The van der Waals surface area contributed by atoms with Gasteiger partial charge in [-0.05, 0) is 37.6 Å². The Hall–Kier alpha value is -3.06. The molecule has 136 valence electrons. The fourth-order valence-corrected chi connectivity index (χ4v) is 4.06. The summed E-state index contributed by atoms with van der Waals surface area (Å²) in [6.07, 6.45) is 3.57. The normalized spacial score (nSPS) is 11.1. The van der Waals surface area contributed by atoms with E-state index in [2.05, 4.69) is 10.1 Å². The summed E-state index contributed by atoms with van der Waals surface area (Å²) >= 11 is 1.51. The fraction of sp³-hybridized carbons (Fsp3) is 0.200. The van der Waals surface area contributed by atoms with Crippen LogP contribution in [-0.2, 0) is 13.6 Å². The van der Waals surface area contributed by atoms with Gasteiger partial charge in [0.25, 0.3) is 5.91 Å². The van der Waals surface area contributed by atoms with Crippen molar-refractivity contribution in [1.29, 1.82) is 0 Å². The minimum atomic E-state index is -0.171. The molecule has 0 N–H and O–H groups in total. The third-order valence-electron chi connectivity index (χ3n) is 4.35. The Morgan fingerprint density at radius 2 is 2.00 bits per heavy atom. The molecule has 4 rings (SSSR count). The van der Waals surface area contributed by atoms with Gasteiger partial charge in [0.1, 0.15) is 0 Å². The smallest absolute Gasteiger partial charge is 0.276 e. The van der Waals surface area contributed by atoms with Crippen LogP contribution < -0.4 is 4.90 Å². The molecule has 3 heterocycles. The topological polar surface area (TPSA) is 63.9 Å². The zero-order valence-electron chi connectivity index (χ0n) is 15.4. The van der Waals surface area contributed by atoms with Crippen LogP contribution in [0.1, 0.15) is 27.3 Å². The molecule has 0 saturated heterocycles. The van der Waals surface area contributed by atoms with Gasteiger partial charge in [0.2, 0.25) is 0 Å². The van der Waals surface area contributed by atoms with Gasteiger partial charge in [-0.25, -0.2) is 4.98 Å². The van der Waals surface area contributed by atoms with E-state index in [0.717, 1.165) is 27.0 Å². The average molecular weight is 377 g/mol. The highest BCUT2D eigenvalue weighted by Gasteiger charge is 2.25. The molecule has 0 aliphatic rings. The number of hydrogen-bond acceptors (Lipinski definition) is 5. The van der Waals surface area contributed by atoms with Crippen LogP contribution in [0.3, 0.4) is 0 Å². The predicted octanol–water partition coefficient (Wildman–Crippen LogP) is 3.89. The fourth-order valence-electron chi connectivity index (χ4n) is 3.02. The number of pyridine rings is 1. The van der Waals surface area contributed by atoms with Gasteiger partial charge in [0.15, 0.2) is 10.8 Å². The second-order valence-corrected chi connectivity index (χ2v) is 7.47. The second kappa shape index (κ2) is 6.92. The molecule has 0 fully saturated rings. The van der Waals surface area contributed by atoms with Gasteiger partial charge in [-0.15, -0.1) is 0 Å². The van der Waals surface area contributed by atoms with Crippen molar-refractivity contribution in [3.63, 3.8) is 0 Å². The molecular formula is C20H19N5OS. The molecule has 0 saturated carbocycles. The lowest BCUT2D eigenvalue weighted by atomic mass is 10.2. The van der Waals surface area contributed by atoms with Crippen molar-refractivity contribution < 1.29 is 4.79 Å². The van der Waals surface area contributed by atoms with Crippen LogP contribution in [0.15, 0.2) is 48.8 Å². The lowest BCUT2D eigenvalue weighted by molar-refractivity contribution is 0.0978. The maximum absolute atomic E-state index is 13.3. The third kappa shape index (κ3) is 3.33. The van der Waals surface area contributed by atoms with Crippen molar-refractivity contribution in [2.45, 2.75) is 20.4 Å². The summed E-state index contributed by atoms with van der Waals surface area (Å²) in [6.45, 7) is 4.26. The molecule has 0 unspecified atom stereocenters. The predicted molar refractivity (Wildman–Crippen MR) is 107 cm³/mol. The van der Waals surface area contributed by atoms with E-state index in [9.17, 15) is 4.79 Å². The highest BCUT2D eigenvalue weighted by molar-refractivity contribution is 7.22. The first-order valence-corrected chi connectivity index (χ1v) is 9.43. The number of hydrogen-bond donors (Lipinski definition) is 0. The standard InChI is InChI=1S/C20H19N5OS/c1-13-7-6-9-16-17(13)22-20(27-16)25(12-15-8-4-5-10-21-15)19(26)18-14(2)11-24(3)23-18/h4-11H,12H2,1-3H3. The SMILES string of the molecule is Cc1cn(C)nc1C(=O)N(Cc1ccccn1)c1nc2c(C)cccc2s1. The summed E-state index contributed by atoms with van der Waals surface area (Å²) in [5.41, 5.74) is 4.09. The van der Waals surface area contributed by atoms with Crippen LogP contribution in [0.25, 0.3) is 10.2 Å². The molecule has 0 atom stereocenters. The van der Waals surface area contributed by atoms with E-state index < -0.39 is 0 Å². The second-order valence-electron chi connectivity index (χ2n) is 6.46. The van der Waals surface area contributed by atoms with Crippen LogP contribution in [0.5, 0.6) is 0 Å². The third-order valence-corrected chi connectivity index (χ3v) is 5.39. The Morgan fingerprint density at radius 1 is 1.15 bits per heavy atom. The Morgan fingerprint density at radius 3 is 2.67 bits per heavy atom. The summed E-state index contributed by atoms with van der Waals surface area (Å²) in [7, 11) is 1.81. The average Bonchev–Trinajstić information content (AvgIpc) is 3.23. The van der Waals surface area contributed by atoms with Crippen molar-refractivity contribution in [3.8, 4) is 0 Å². The lowest BCUT2D eigenvalue weighted by Crippen LogP contribution is -2.31. The number of para-hydroxylation sites is 1. The minimum absolute atomic E-state index is 0.171. The van der Waals surface area contributed by atoms with Crippen LogP contribution in [-0.4, -0.2) is 25.7 Å². The number of nitrogens with zero attached hydrogens (tertiary/aromatic N) is 5. The maximum Gasteiger partial charge on any atom is 0.281 e. The van der Waals surface area contributed by atoms with Gasteiger partial charge in [0.05, 0.1) is 22.5 Å². The van der Waals surface area contributed by atoms with Gasteiger partial charge in [0, 0.05) is 25.0 Å². The number of aryl methyl sites for hydroxylation is 3. The first-order chi connectivity index (χ1) is 13.0. The van der Waals surface area contributed by atoms with E-state index >= 15 is 0 Å². The summed E-state index contributed by atoms with van der Waals surface area (Å²) in [5.74, 6) is -0.171. The molecule has 7 heteroatoms. The molecule has 6 nitrogen and oxygen atoms in total. The Labute approximate surface area is 161 Å². The molecule has 1 aromatic carbocycles. The number of fused-ring (bicyclic) bond motifs is 1. The summed E-state index contributed by atoms with van der Waals surface area (Å²) in [4.78, 5) is 24.1. The van der Waals surface area contributed by atoms with Crippen molar-refractivity contribution in [2.75, 3.05) is 4.90 Å². The lowest BCUT2D eigenvalue weighted by Gasteiger charge is -2.18. The van der Waals surface area contributed by atoms with E-state index in [-0.39, 0.29) is 5.91 Å². The molecule has 0 radical (unpaired) electrons. The van der Waals surface area contributed by atoms with Gasteiger partial charge in [-0.3, -0.25) is 19.4 Å². The Balaban J connectivity index is 1.80. The zero-order valence-corrected chi connectivity index (χ0v) is 16.2. The number of rotatable bonds is 4. The number of anilines is 1. The molecule has 0 aliphatic heterocycles. The largest absolute Gasteiger partial charge is 0.281 e. The Kier molecular flexibility index (Phi) is 4.45. The first-order valence-electron chi connectivity index (χ1n) is 8.61. The molecular weight excluding hydrogens is 358 g/mol. The Bertz CT molecular complexity index is 1120. The monoisotopic (exact) mass is 377 g/mol. The van der Waals surface area contributed by atoms with Gasteiger partial charge in [-0.2, -0.15) is 5.10 Å². The van der Waals surface area contributed by atoms with E-state index in [4.69, 9.17) is 4.98 Å².